The number of hydrogen-bond donors (Lipinski definition) is 0. The molecule has 0 amide bonds. The van der Waals surface area contributed by atoms with Gasteiger partial charge in [-0.25, -0.2) is 0 Å². The quantitative estimate of drug-likeness (QED) is 0.473. The highest BCUT2D eigenvalue weighted by Gasteiger charge is 2.15. The number of ether oxygens (including phenoxy) is 1. The molecule has 0 atom stereocenters. The zero-order chi connectivity index (χ0) is 11.7. The molecule has 0 aliphatic rings. The first-order chi connectivity index (χ1) is 6.95. The molecule has 2 nitrogen and oxygen atoms in total. The molecule has 0 spiro atoms. The molecular weight excluding hydrogens is 188 g/mol. The fourth-order valence-corrected chi connectivity index (χ4v) is 1.30. The van der Waals surface area contributed by atoms with E-state index in [0.29, 0.717) is 6.42 Å². The fourth-order valence-electron chi connectivity index (χ4n) is 1.30. The Bertz CT molecular complexity index is 168. The predicted octanol–water partition coefficient (Wildman–Crippen LogP) is 3.89. The van der Waals surface area contributed by atoms with Crippen LogP contribution in [0.2, 0.25) is 0 Å². The normalized spacial score (nSPS) is 11.5. The molecule has 0 N–H and O–H groups in total. The molecule has 0 heterocycles. The van der Waals surface area contributed by atoms with Crippen LogP contribution < -0.4 is 0 Å². The van der Waals surface area contributed by atoms with E-state index in [-0.39, 0.29) is 11.6 Å². The van der Waals surface area contributed by atoms with Crippen molar-refractivity contribution in [3.8, 4) is 0 Å². The summed E-state index contributed by atoms with van der Waals surface area (Å²) < 4.78 is 5.22. The molecule has 0 fully saturated rings. The first-order valence-electron chi connectivity index (χ1n) is 5.99. The first-order valence-corrected chi connectivity index (χ1v) is 5.99. The van der Waals surface area contributed by atoms with Gasteiger partial charge in [-0.15, -0.1) is 0 Å². The van der Waals surface area contributed by atoms with Crippen LogP contribution in [0.1, 0.15) is 66.2 Å². The molecule has 0 saturated heterocycles. The summed E-state index contributed by atoms with van der Waals surface area (Å²) in [6, 6.07) is 0. The molecular formula is C13H25O2. The lowest BCUT2D eigenvalue weighted by atomic mass is 10.1. The smallest absolute Gasteiger partial charge is 0.306 e. The van der Waals surface area contributed by atoms with Crippen LogP contribution in [0.4, 0.5) is 0 Å². The van der Waals surface area contributed by atoms with Gasteiger partial charge in [-0.3, -0.25) is 4.79 Å². The Balaban J connectivity index is 3.32. The van der Waals surface area contributed by atoms with Crippen LogP contribution in [0.15, 0.2) is 0 Å². The average Bonchev–Trinajstić information content (AvgIpc) is 2.08. The summed E-state index contributed by atoms with van der Waals surface area (Å²) in [5.74, 6) is -0.0713. The van der Waals surface area contributed by atoms with E-state index in [2.05, 4.69) is 13.3 Å². The summed E-state index contributed by atoms with van der Waals surface area (Å²) in [5.41, 5.74) is -0.342. The van der Waals surface area contributed by atoms with E-state index in [1.165, 1.54) is 12.8 Å². The Labute approximate surface area is 94.4 Å². The van der Waals surface area contributed by atoms with Gasteiger partial charge in [0.15, 0.2) is 0 Å². The molecule has 0 aromatic carbocycles. The van der Waals surface area contributed by atoms with Gasteiger partial charge >= 0.3 is 5.97 Å². The second kappa shape index (κ2) is 7.72. The van der Waals surface area contributed by atoms with E-state index in [1.54, 1.807) is 0 Å². The lowest BCUT2D eigenvalue weighted by molar-refractivity contribution is -0.154. The van der Waals surface area contributed by atoms with Crippen molar-refractivity contribution in [3.05, 3.63) is 6.42 Å². The molecule has 0 aliphatic carbocycles. The third-order valence-corrected chi connectivity index (χ3v) is 1.95. The van der Waals surface area contributed by atoms with Gasteiger partial charge in [0.1, 0.15) is 5.60 Å². The van der Waals surface area contributed by atoms with Gasteiger partial charge < -0.3 is 4.74 Å². The van der Waals surface area contributed by atoms with Gasteiger partial charge in [0.2, 0.25) is 0 Å². The number of carbonyl (C=O) groups is 1. The third-order valence-electron chi connectivity index (χ3n) is 1.95. The minimum absolute atomic E-state index is 0.0713. The lowest BCUT2D eigenvalue weighted by Gasteiger charge is -2.19. The summed E-state index contributed by atoms with van der Waals surface area (Å²) in [5, 5.41) is 0. The monoisotopic (exact) mass is 213 g/mol. The van der Waals surface area contributed by atoms with E-state index in [4.69, 9.17) is 4.74 Å². The highest BCUT2D eigenvalue weighted by atomic mass is 16.6. The summed E-state index contributed by atoms with van der Waals surface area (Å²) in [7, 11) is 0. The Hall–Kier alpha value is -0.530. The number of rotatable bonds is 7. The number of unbranched alkanes of at least 4 members (excludes halogenated alkanes) is 5. The van der Waals surface area contributed by atoms with Gasteiger partial charge in [0.05, 0.1) is 0 Å². The van der Waals surface area contributed by atoms with E-state index in [9.17, 15) is 4.79 Å². The van der Waals surface area contributed by atoms with Crippen molar-refractivity contribution in [2.24, 2.45) is 0 Å². The van der Waals surface area contributed by atoms with Crippen LogP contribution in [0.25, 0.3) is 0 Å². The number of esters is 1. The van der Waals surface area contributed by atoms with Crippen molar-refractivity contribution in [3.63, 3.8) is 0 Å². The Kier molecular flexibility index (Phi) is 7.45. The van der Waals surface area contributed by atoms with Crippen LogP contribution >= 0.6 is 0 Å². The maximum Gasteiger partial charge on any atom is 0.306 e. The summed E-state index contributed by atoms with van der Waals surface area (Å²) >= 11 is 0. The predicted molar refractivity (Wildman–Crippen MR) is 63.5 cm³/mol. The molecule has 0 saturated carbocycles. The molecule has 0 aromatic heterocycles. The van der Waals surface area contributed by atoms with Crippen molar-refractivity contribution in [1.82, 2.24) is 0 Å². The first kappa shape index (κ1) is 14.5. The molecule has 1 radical (unpaired) electrons. The van der Waals surface area contributed by atoms with Crippen molar-refractivity contribution >= 4 is 5.97 Å². The van der Waals surface area contributed by atoms with E-state index >= 15 is 0 Å². The summed E-state index contributed by atoms with van der Waals surface area (Å²) in [6.45, 7) is 7.89. The topological polar surface area (TPSA) is 26.3 Å². The highest BCUT2D eigenvalue weighted by Crippen LogP contribution is 2.11. The van der Waals surface area contributed by atoms with E-state index in [0.717, 1.165) is 19.3 Å². The van der Waals surface area contributed by atoms with Crippen LogP contribution in [-0.2, 0) is 9.53 Å². The van der Waals surface area contributed by atoms with Gasteiger partial charge in [-0.05, 0) is 33.6 Å². The zero-order valence-electron chi connectivity index (χ0n) is 10.6. The van der Waals surface area contributed by atoms with Crippen LogP contribution in [0, 0.1) is 6.42 Å². The zero-order valence-corrected chi connectivity index (χ0v) is 10.6. The Morgan fingerprint density at radius 3 is 2.40 bits per heavy atom. The maximum atomic E-state index is 11.3. The molecule has 15 heavy (non-hydrogen) atoms. The number of hydrogen-bond acceptors (Lipinski definition) is 2. The molecule has 2 heteroatoms. The summed E-state index contributed by atoms with van der Waals surface area (Å²) in [6.07, 6.45) is 8.41. The van der Waals surface area contributed by atoms with Crippen LogP contribution in [0.5, 0.6) is 0 Å². The standard InChI is InChI=1S/C13H25O2/c1-5-6-7-8-9-10-11-12(14)15-13(2,3)4/h7H,5-6,8-11H2,1-4H3. The SMILES string of the molecule is CCC[CH]CCCCC(=O)OC(C)(C)C. The number of carbonyl (C=O) groups excluding carboxylic acids is 1. The minimum atomic E-state index is -0.342. The molecule has 0 bridgehead atoms. The van der Waals surface area contributed by atoms with Gasteiger partial charge in [0, 0.05) is 6.42 Å². The molecule has 89 valence electrons. The molecule has 0 aromatic rings. The van der Waals surface area contributed by atoms with Crippen molar-refractivity contribution in [1.29, 1.82) is 0 Å². The van der Waals surface area contributed by atoms with Gasteiger partial charge in [0.25, 0.3) is 0 Å². The van der Waals surface area contributed by atoms with Crippen LogP contribution in [-0.4, -0.2) is 11.6 Å². The maximum absolute atomic E-state index is 11.3. The summed E-state index contributed by atoms with van der Waals surface area (Å²) in [4.78, 5) is 11.3. The fraction of sp³-hybridized carbons (Fsp3) is 0.846. The molecule has 0 aliphatic heterocycles. The third kappa shape index (κ3) is 11.4. The molecule has 0 unspecified atom stereocenters. The Morgan fingerprint density at radius 2 is 1.87 bits per heavy atom. The second-order valence-corrected chi connectivity index (χ2v) is 4.91. The average molecular weight is 213 g/mol. The highest BCUT2D eigenvalue weighted by molar-refractivity contribution is 5.69. The Morgan fingerprint density at radius 1 is 1.20 bits per heavy atom. The molecule has 0 rings (SSSR count). The van der Waals surface area contributed by atoms with E-state index < -0.39 is 0 Å². The van der Waals surface area contributed by atoms with Crippen LogP contribution in [0.3, 0.4) is 0 Å². The van der Waals surface area contributed by atoms with Crippen molar-refractivity contribution < 1.29 is 9.53 Å². The van der Waals surface area contributed by atoms with Gasteiger partial charge in [-0.2, -0.15) is 0 Å². The minimum Gasteiger partial charge on any atom is -0.460 e. The largest absolute Gasteiger partial charge is 0.460 e. The van der Waals surface area contributed by atoms with Gasteiger partial charge in [-0.1, -0.05) is 32.6 Å². The lowest BCUT2D eigenvalue weighted by Crippen LogP contribution is -2.23. The second-order valence-electron chi connectivity index (χ2n) is 4.91. The van der Waals surface area contributed by atoms with Crippen molar-refractivity contribution in [2.75, 3.05) is 0 Å². The van der Waals surface area contributed by atoms with Crippen molar-refractivity contribution in [2.45, 2.75) is 71.8 Å². The van der Waals surface area contributed by atoms with E-state index in [1.807, 2.05) is 20.8 Å².